The van der Waals surface area contributed by atoms with E-state index in [1.807, 2.05) is 0 Å². The SMILES string of the molecule is O=C(O)c1ccnc(NCCCN2CCNCC2)c1. The van der Waals surface area contributed by atoms with E-state index in [1.54, 1.807) is 6.07 Å². The fourth-order valence-corrected chi connectivity index (χ4v) is 2.11. The number of aromatic carboxylic acids is 1. The Morgan fingerprint density at radius 1 is 1.47 bits per heavy atom. The van der Waals surface area contributed by atoms with Crippen LogP contribution in [-0.4, -0.2) is 60.2 Å². The van der Waals surface area contributed by atoms with Crippen LogP contribution in [-0.2, 0) is 0 Å². The molecule has 6 nitrogen and oxygen atoms in total. The monoisotopic (exact) mass is 264 g/mol. The number of nitrogens with one attached hydrogen (secondary N) is 2. The number of carboxylic acids is 1. The van der Waals surface area contributed by atoms with Gasteiger partial charge in [0.05, 0.1) is 5.56 Å². The molecule has 1 aliphatic rings. The summed E-state index contributed by atoms with van der Waals surface area (Å²) in [6.07, 6.45) is 2.54. The van der Waals surface area contributed by atoms with Crippen LogP contribution in [0.5, 0.6) is 0 Å². The standard InChI is InChI=1S/C13H20N4O2/c18-13(19)11-2-4-16-12(10-11)15-3-1-7-17-8-5-14-6-9-17/h2,4,10,14H,1,3,5-9H2,(H,15,16)(H,18,19). The third-order valence-corrected chi connectivity index (χ3v) is 3.17. The molecule has 3 N–H and O–H groups in total. The number of hydrogen-bond donors (Lipinski definition) is 3. The molecule has 0 saturated carbocycles. The van der Waals surface area contributed by atoms with Crippen molar-refractivity contribution in [1.82, 2.24) is 15.2 Å². The predicted molar refractivity (Wildman–Crippen MR) is 73.6 cm³/mol. The minimum Gasteiger partial charge on any atom is -0.478 e. The summed E-state index contributed by atoms with van der Waals surface area (Å²) in [7, 11) is 0. The number of nitrogens with zero attached hydrogens (tertiary/aromatic N) is 2. The number of rotatable bonds is 6. The first-order chi connectivity index (χ1) is 9.25. The lowest BCUT2D eigenvalue weighted by Gasteiger charge is -2.27. The summed E-state index contributed by atoms with van der Waals surface area (Å²) in [5, 5.41) is 15.4. The van der Waals surface area contributed by atoms with E-state index in [0.717, 1.165) is 45.7 Å². The van der Waals surface area contributed by atoms with E-state index in [2.05, 4.69) is 20.5 Å². The van der Waals surface area contributed by atoms with Crippen LogP contribution in [0, 0.1) is 0 Å². The van der Waals surface area contributed by atoms with E-state index in [4.69, 9.17) is 5.11 Å². The van der Waals surface area contributed by atoms with E-state index < -0.39 is 5.97 Å². The van der Waals surface area contributed by atoms with Crippen LogP contribution >= 0.6 is 0 Å². The van der Waals surface area contributed by atoms with E-state index in [-0.39, 0.29) is 5.56 Å². The van der Waals surface area contributed by atoms with Gasteiger partial charge in [-0.15, -0.1) is 0 Å². The summed E-state index contributed by atoms with van der Waals surface area (Å²) in [6, 6.07) is 3.06. The summed E-state index contributed by atoms with van der Waals surface area (Å²) < 4.78 is 0. The molecule has 104 valence electrons. The Hall–Kier alpha value is -1.66. The highest BCUT2D eigenvalue weighted by molar-refractivity contribution is 5.88. The van der Waals surface area contributed by atoms with Gasteiger partial charge in [-0.25, -0.2) is 9.78 Å². The zero-order chi connectivity index (χ0) is 13.5. The molecule has 0 atom stereocenters. The molecule has 0 amide bonds. The van der Waals surface area contributed by atoms with Crippen LogP contribution in [0.15, 0.2) is 18.3 Å². The van der Waals surface area contributed by atoms with Gasteiger partial charge in [-0.3, -0.25) is 0 Å². The Labute approximate surface area is 112 Å². The van der Waals surface area contributed by atoms with Gasteiger partial charge >= 0.3 is 5.97 Å². The number of pyridine rings is 1. The second-order valence-corrected chi connectivity index (χ2v) is 4.61. The van der Waals surface area contributed by atoms with Crippen LogP contribution in [0.25, 0.3) is 0 Å². The molecule has 19 heavy (non-hydrogen) atoms. The molecule has 1 fully saturated rings. The van der Waals surface area contributed by atoms with Crippen molar-refractivity contribution in [3.05, 3.63) is 23.9 Å². The van der Waals surface area contributed by atoms with Gasteiger partial charge in [-0.05, 0) is 25.1 Å². The van der Waals surface area contributed by atoms with Crippen molar-refractivity contribution in [2.75, 3.05) is 44.6 Å². The molecule has 1 aromatic heterocycles. The van der Waals surface area contributed by atoms with Crippen molar-refractivity contribution in [3.8, 4) is 0 Å². The minimum absolute atomic E-state index is 0.264. The van der Waals surface area contributed by atoms with Crippen molar-refractivity contribution in [3.63, 3.8) is 0 Å². The molecule has 0 spiro atoms. The molecule has 1 saturated heterocycles. The normalized spacial score (nSPS) is 16.2. The molecule has 1 aromatic rings. The fourth-order valence-electron chi connectivity index (χ4n) is 2.11. The number of piperazine rings is 1. The zero-order valence-corrected chi connectivity index (χ0v) is 10.9. The van der Waals surface area contributed by atoms with Gasteiger partial charge in [-0.1, -0.05) is 0 Å². The average molecular weight is 264 g/mol. The van der Waals surface area contributed by atoms with Crippen LogP contribution in [0.3, 0.4) is 0 Å². The number of hydrogen-bond acceptors (Lipinski definition) is 5. The quantitative estimate of drug-likeness (QED) is 0.649. The number of aromatic nitrogens is 1. The highest BCUT2D eigenvalue weighted by Crippen LogP contribution is 2.06. The molecule has 2 heterocycles. The fraction of sp³-hybridized carbons (Fsp3) is 0.538. The van der Waals surface area contributed by atoms with Crippen LogP contribution in [0.1, 0.15) is 16.8 Å². The van der Waals surface area contributed by atoms with Crippen LogP contribution in [0.4, 0.5) is 5.82 Å². The first kappa shape index (κ1) is 13.8. The van der Waals surface area contributed by atoms with Gasteiger partial charge < -0.3 is 20.6 Å². The van der Waals surface area contributed by atoms with Crippen molar-refractivity contribution in [2.24, 2.45) is 0 Å². The number of anilines is 1. The molecule has 0 unspecified atom stereocenters. The van der Waals surface area contributed by atoms with Gasteiger partial charge in [0.2, 0.25) is 0 Å². The second kappa shape index (κ2) is 7.06. The summed E-state index contributed by atoms with van der Waals surface area (Å²) in [5.41, 5.74) is 0.264. The summed E-state index contributed by atoms with van der Waals surface area (Å²) in [4.78, 5) is 17.4. The molecule has 0 aliphatic carbocycles. The van der Waals surface area contributed by atoms with Crippen LogP contribution in [0.2, 0.25) is 0 Å². The molecule has 0 aromatic carbocycles. The first-order valence-electron chi connectivity index (χ1n) is 6.62. The Kier molecular flexibility index (Phi) is 5.11. The molecular weight excluding hydrogens is 244 g/mol. The lowest BCUT2D eigenvalue weighted by atomic mass is 10.2. The molecule has 0 bridgehead atoms. The third kappa shape index (κ3) is 4.50. The largest absolute Gasteiger partial charge is 0.478 e. The van der Waals surface area contributed by atoms with Gasteiger partial charge in [0, 0.05) is 38.9 Å². The Morgan fingerprint density at radius 3 is 3.00 bits per heavy atom. The molecule has 2 rings (SSSR count). The number of carboxylic acid groups (broad SMARTS) is 1. The molecule has 1 aliphatic heterocycles. The van der Waals surface area contributed by atoms with Gasteiger partial charge in [0.15, 0.2) is 0 Å². The summed E-state index contributed by atoms with van der Waals surface area (Å²) in [5.74, 6) is -0.300. The molecular formula is C13H20N4O2. The maximum absolute atomic E-state index is 10.8. The predicted octanol–water partition coefficient (Wildman–Crippen LogP) is 0.487. The Balaban J connectivity index is 1.70. The van der Waals surface area contributed by atoms with Crippen molar-refractivity contribution in [2.45, 2.75) is 6.42 Å². The van der Waals surface area contributed by atoms with E-state index >= 15 is 0 Å². The maximum Gasteiger partial charge on any atom is 0.335 e. The van der Waals surface area contributed by atoms with Gasteiger partial charge in [-0.2, -0.15) is 0 Å². The van der Waals surface area contributed by atoms with Gasteiger partial charge in [0.25, 0.3) is 0 Å². The smallest absolute Gasteiger partial charge is 0.335 e. The zero-order valence-electron chi connectivity index (χ0n) is 10.9. The van der Waals surface area contributed by atoms with E-state index in [9.17, 15) is 4.79 Å². The lowest BCUT2D eigenvalue weighted by Crippen LogP contribution is -2.44. The second-order valence-electron chi connectivity index (χ2n) is 4.61. The average Bonchev–Trinajstić information content (AvgIpc) is 2.45. The van der Waals surface area contributed by atoms with Crippen LogP contribution < -0.4 is 10.6 Å². The molecule has 0 radical (unpaired) electrons. The lowest BCUT2D eigenvalue weighted by molar-refractivity contribution is 0.0697. The number of carbonyl (C=O) groups is 1. The summed E-state index contributed by atoms with van der Waals surface area (Å²) >= 11 is 0. The topological polar surface area (TPSA) is 77.5 Å². The first-order valence-corrected chi connectivity index (χ1v) is 6.62. The van der Waals surface area contributed by atoms with E-state index in [0.29, 0.717) is 5.82 Å². The van der Waals surface area contributed by atoms with Crippen molar-refractivity contribution >= 4 is 11.8 Å². The highest BCUT2D eigenvalue weighted by Gasteiger charge is 2.08. The minimum atomic E-state index is -0.925. The third-order valence-electron chi connectivity index (χ3n) is 3.17. The van der Waals surface area contributed by atoms with Crippen molar-refractivity contribution < 1.29 is 9.90 Å². The molecule has 6 heteroatoms. The van der Waals surface area contributed by atoms with Gasteiger partial charge in [0.1, 0.15) is 5.82 Å². The summed E-state index contributed by atoms with van der Waals surface area (Å²) in [6.45, 7) is 6.21. The Bertz CT molecular complexity index is 419. The van der Waals surface area contributed by atoms with Crippen molar-refractivity contribution in [1.29, 1.82) is 0 Å². The van der Waals surface area contributed by atoms with E-state index in [1.165, 1.54) is 12.3 Å². The Morgan fingerprint density at radius 2 is 2.26 bits per heavy atom. The maximum atomic E-state index is 10.8. The highest BCUT2D eigenvalue weighted by atomic mass is 16.4.